The van der Waals surface area contributed by atoms with Crippen LogP contribution in [0.2, 0.25) is 0 Å². The lowest BCUT2D eigenvalue weighted by Crippen LogP contribution is -2.21. The van der Waals surface area contributed by atoms with Crippen molar-refractivity contribution < 1.29 is 4.74 Å². The summed E-state index contributed by atoms with van der Waals surface area (Å²) in [5.41, 5.74) is 2.68. The first kappa shape index (κ1) is 17.6. The topological polar surface area (TPSA) is 21.3 Å². The lowest BCUT2D eigenvalue weighted by atomic mass is 10.1. The molecule has 0 aromatic heterocycles. The van der Waals surface area contributed by atoms with Crippen molar-refractivity contribution in [1.29, 1.82) is 0 Å². The summed E-state index contributed by atoms with van der Waals surface area (Å²) in [6, 6.07) is 19.4. The monoisotopic (exact) mass is 311 g/mol. The van der Waals surface area contributed by atoms with E-state index in [0.29, 0.717) is 6.04 Å². The molecule has 0 saturated carbocycles. The molecule has 0 spiro atoms. The second kappa shape index (κ2) is 10.1. The molecule has 1 unspecified atom stereocenters. The smallest absolute Gasteiger partial charge is 0.119 e. The maximum atomic E-state index is 5.76. The molecule has 0 radical (unpaired) electrons. The highest BCUT2D eigenvalue weighted by Gasteiger charge is 2.05. The van der Waals surface area contributed by atoms with Crippen LogP contribution in [0.1, 0.15) is 50.3 Å². The average molecular weight is 311 g/mol. The van der Waals surface area contributed by atoms with E-state index < -0.39 is 0 Å². The van der Waals surface area contributed by atoms with Crippen LogP contribution in [0.3, 0.4) is 0 Å². The van der Waals surface area contributed by atoms with Crippen LogP contribution in [0.25, 0.3) is 0 Å². The summed E-state index contributed by atoms with van der Waals surface area (Å²) in [4.78, 5) is 0. The normalized spacial score (nSPS) is 12.1. The zero-order chi connectivity index (χ0) is 16.3. The molecule has 0 saturated heterocycles. The summed E-state index contributed by atoms with van der Waals surface area (Å²) in [6.07, 6.45) is 4.66. The van der Waals surface area contributed by atoms with E-state index in [4.69, 9.17) is 4.74 Å². The first-order valence-corrected chi connectivity index (χ1v) is 8.79. The minimum absolute atomic E-state index is 0.354. The molecule has 2 heteroatoms. The average Bonchev–Trinajstić information content (AvgIpc) is 2.60. The van der Waals surface area contributed by atoms with Crippen LogP contribution >= 0.6 is 0 Å². The van der Waals surface area contributed by atoms with Crippen molar-refractivity contribution in [3.8, 4) is 5.75 Å². The maximum Gasteiger partial charge on any atom is 0.119 e. The molecule has 0 fully saturated rings. The molecule has 1 N–H and O–H groups in total. The predicted octanol–water partition coefficient (Wildman–Crippen LogP) is 5.15. The number of unbranched alkanes of at least 4 members (excludes halogenated alkanes) is 2. The third-order valence-electron chi connectivity index (χ3n) is 4.10. The summed E-state index contributed by atoms with van der Waals surface area (Å²) in [5.74, 6) is 0.973. The van der Waals surface area contributed by atoms with Crippen LogP contribution in [0.4, 0.5) is 0 Å². The van der Waals surface area contributed by atoms with Gasteiger partial charge in [-0.2, -0.15) is 0 Å². The van der Waals surface area contributed by atoms with E-state index in [1.165, 1.54) is 24.0 Å². The summed E-state index contributed by atoms with van der Waals surface area (Å²) in [5, 5.41) is 3.59. The molecule has 2 rings (SSSR count). The third kappa shape index (κ3) is 6.45. The molecule has 1 atom stereocenters. The van der Waals surface area contributed by atoms with Crippen LogP contribution in [-0.4, -0.2) is 13.2 Å². The molecule has 0 heterocycles. The fourth-order valence-corrected chi connectivity index (χ4v) is 2.59. The molecule has 2 aromatic rings. The van der Waals surface area contributed by atoms with Gasteiger partial charge >= 0.3 is 0 Å². The largest absolute Gasteiger partial charge is 0.494 e. The Kier molecular flexibility index (Phi) is 7.68. The first-order valence-electron chi connectivity index (χ1n) is 8.79. The van der Waals surface area contributed by atoms with Gasteiger partial charge in [0.05, 0.1) is 6.61 Å². The van der Waals surface area contributed by atoms with Crippen molar-refractivity contribution >= 4 is 0 Å². The molecule has 2 nitrogen and oxygen atoms in total. The van der Waals surface area contributed by atoms with Crippen molar-refractivity contribution in [2.75, 3.05) is 13.2 Å². The molecule has 0 bridgehead atoms. The zero-order valence-electron chi connectivity index (χ0n) is 14.4. The number of nitrogens with one attached hydrogen (secondary N) is 1. The molecule has 0 aliphatic heterocycles. The quantitative estimate of drug-likeness (QED) is 0.613. The molecular weight excluding hydrogens is 282 g/mol. The van der Waals surface area contributed by atoms with Crippen molar-refractivity contribution in [3.05, 3.63) is 65.7 Å². The van der Waals surface area contributed by atoms with Gasteiger partial charge in [-0.3, -0.25) is 0 Å². The van der Waals surface area contributed by atoms with Crippen molar-refractivity contribution in [2.45, 2.75) is 45.6 Å². The molecule has 23 heavy (non-hydrogen) atoms. The van der Waals surface area contributed by atoms with Crippen molar-refractivity contribution in [3.63, 3.8) is 0 Å². The number of rotatable bonds is 10. The number of hydrogen-bond donors (Lipinski definition) is 1. The Labute approximate surface area is 140 Å². The van der Waals surface area contributed by atoms with Gasteiger partial charge in [0.2, 0.25) is 0 Å². The van der Waals surface area contributed by atoms with Crippen molar-refractivity contribution in [2.24, 2.45) is 0 Å². The Bertz CT molecular complexity index is 536. The summed E-state index contributed by atoms with van der Waals surface area (Å²) in [7, 11) is 0. The van der Waals surface area contributed by atoms with Crippen LogP contribution in [0.15, 0.2) is 54.6 Å². The fourth-order valence-electron chi connectivity index (χ4n) is 2.59. The van der Waals surface area contributed by atoms with E-state index in [1.807, 2.05) is 0 Å². The third-order valence-corrected chi connectivity index (χ3v) is 4.10. The van der Waals surface area contributed by atoms with Crippen LogP contribution in [0, 0.1) is 0 Å². The second-order valence-corrected chi connectivity index (χ2v) is 6.04. The van der Waals surface area contributed by atoms with E-state index in [0.717, 1.165) is 31.7 Å². The van der Waals surface area contributed by atoms with Gasteiger partial charge in [-0.1, -0.05) is 62.2 Å². The number of ether oxygens (including phenoxy) is 1. The molecule has 0 aliphatic carbocycles. The van der Waals surface area contributed by atoms with Crippen LogP contribution < -0.4 is 10.1 Å². The van der Waals surface area contributed by atoms with Gasteiger partial charge in [0, 0.05) is 6.04 Å². The van der Waals surface area contributed by atoms with Gasteiger partial charge < -0.3 is 10.1 Å². The van der Waals surface area contributed by atoms with Gasteiger partial charge in [-0.25, -0.2) is 0 Å². The van der Waals surface area contributed by atoms with Crippen LogP contribution in [0.5, 0.6) is 5.75 Å². The Morgan fingerprint density at radius 2 is 1.70 bits per heavy atom. The number of benzene rings is 2. The molecule has 0 amide bonds. The predicted molar refractivity (Wildman–Crippen MR) is 98.0 cm³/mol. The molecule has 124 valence electrons. The highest BCUT2D eigenvalue weighted by molar-refractivity contribution is 5.29. The Hall–Kier alpha value is -1.80. The summed E-state index contributed by atoms with van der Waals surface area (Å²) < 4.78 is 5.76. The van der Waals surface area contributed by atoms with Gasteiger partial charge in [0.15, 0.2) is 0 Å². The fraction of sp³-hybridized carbons (Fsp3) is 0.429. The van der Waals surface area contributed by atoms with Gasteiger partial charge in [-0.05, 0) is 49.6 Å². The van der Waals surface area contributed by atoms with Crippen LogP contribution in [-0.2, 0) is 6.42 Å². The first-order chi connectivity index (χ1) is 11.3. The van der Waals surface area contributed by atoms with Crippen molar-refractivity contribution in [1.82, 2.24) is 5.32 Å². The van der Waals surface area contributed by atoms with E-state index in [-0.39, 0.29) is 0 Å². The van der Waals surface area contributed by atoms with Gasteiger partial charge in [0.1, 0.15) is 5.75 Å². The molecule has 2 aromatic carbocycles. The Morgan fingerprint density at radius 3 is 2.39 bits per heavy atom. The highest BCUT2D eigenvalue weighted by atomic mass is 16.5. The Balaban J connectivity index is 1.72. The van der Waals surface area contributed by atoms with Gasteiger partial charge in [0.25, 0.3) is 0 Å². The number of hydrogen-bond acceptors (Lipinski definition) is 2. The minimum atomic E-state index is 0.354. The second-order valence-electron chi connectivity index (χ2n) is 6.04. The lowest BCUT2D eigenvalue weighted by Gasteiger charge is -2.15. The molecule has 0 aliphatic rings. The molecular formula is C21H29NO. The van der Waals surface area contributed by atoms with E-state index >= 15 is 0 Å². The van der Waals surface area contributed by atoms with E-state index in [9.17, 15) is 0 Å². The summed E-state index contributed by atoms with van der Waals surface area (Å²) in [6.45, 7) is 6.22. The lowest BCUT2D eigenvalue weighted by molar-refractivity contribution is 0.306. The SMILES string of the molecule is CCCCCOc1ccc(C(C)NCCc2ccccc2)cc1. The van der Waals surface area contributed by atoms with E-state index in [2.05, 4.69) is 73.8 Å². The zero-order valence-corrected chi connectivity index (χ0v) is 14.4. The standard InChI is InChI=1S/C21H29NO/c1-3-4-8-17-23-21-13-11-20(12-14-21)18(2)22-16-15-19-9-6-5-7-10-19/h5-7,9-14,18,22H,3-4,8,15-17H2,1-2H3. The maximum absolute atomic E-state index is 5.76. The highest BCUT2D eigenvalue weighted by Crippen LogP contribution is 2.18. The van der Waals surface area contributed by atoms with E-state index in [1.54, 1.807) is 0 Å². The minimum Gasteiger partial charge on any atom is -0.494 e. The Morgan fingerprint density at radius 1 is 0.957 bits per heavy atom. The van der Waals surface area contributed by atoms with Gasteiger partial charge in [-0.15, -0.1) is 0 Å². The summed E-state index contributed by atoms with van der Waals surface area (Å²) >= 11 is 0.